The van der Waals surface area contributed by atoms with Gasteiger partial charge in [0, 0.05) is 11.6 Å². The SMILES string of the molecule is CCc1ccc(NS(=O)(=O)c2ccc(Cl)cc2CN(Cc2ccco2)C(=O)c2ccccc2Cl)c(C(N)=O)c1. The second kappa shape index (κ2) is 11.9. The van der Waals surface area contributed by atoms with Gasteiger partial charge in [0.15, 0.2) is 0 Å². The first kappa shape index (κ1) is 28.2. The monoisotopic (exact) mass is 585 g/mol. The molecule has 11 heteroatoms. The molecular formula is C28H25Cl2N3O5S. The number of rotatable bonds is 10. The van der Waals surface area contributed by atoms with E-state index in [1.807, 2.05) is 6.92 Å². The smallest absolute Gasteiger partial charge is 0.262 e. The Morgan fingerprint density at radius 3 is 2.38 bits per heavy atom. The van der Waals surface area contributed by atoms with Crippen LogP contribution in [0.5, 0.6) is 0 Å². The van der Waals surface area contributed by atoms with Gasteiger partial charge in [-0.15, -0.1) is 0 Å². The Hall–Kier alpha value is -3.79. The fourth-order valence-corrected chi connectivity index (χ4v) is 5.74. The number of aryl methyl sites for hydroxylation is 1. The third-order valence-electron chi connectivity index (χ3n) is 5.99. The van der Waals surface area contributed by atoms with Gasteiger partial charge in [-0.05, 0) is 72.1 Å². The number of nitrogens with two attached hydrogens (primary N) is 1. The molecular weight excluding hydrogens is 561 g/mol. The van der Waals surface area contributed by atoms with Crippen molar-refractivity contribution in [2.24, 2.45) is 5.73 Å². The van der Waals surface area contributed by atoms with Crippen LogP contribution in [-0.4, -0.2) is 25.1 Å². The van der Waals surface area contributed by atoms with Crippen molar-refractivity contribution in [3.63, 3.8) is 0 Å². The molecule has 1 aromatic heterocycles. The zero-order chi connectivity index (χ0) is 28.2. The van der Waals surface area contributed by atoms with E-state index in [0.717, 1.165) is 5.56 Å². The van der Waals surface area contributed by atoms with E-state index in [1.54, 1.807) is 48.5 Å². The Morgan fingerprint density at radius 2 is 1.72 bits per heavy atom. The maximum Gasteiger partial charge on any atom is 0.262 e. The third kappa shape index (κ3) is 6.62. The normalized spacial score (nSPS) is 11.3. The summed E-state index contributed by atoms with van der Waals surface area (Å²) in [6.45, 7) is 1.81. The highest BCUT2D eigenvalue weighted by Crippen LogP contribution is 2.28. The molecule has 0 atom stereocenters. The number of carbonyl (C=O) groups is 2. The molecule has 0 unspecified atom stereocenters. The van der Waals surface area contributed by atoms with Gasteiger partial charge in [-0.1, -0.05) is 48.3 Å². The molecule has 1 heterocycles. The lowest BCUT2D eigenvalue weighted by Crippen LogP contribution is -2.31. The Bertz CT molecular complexity index is 1620. The van der Waals surface area contributed by atoms with E-state index in [9.17, 15) is 18.0 Å². The maximum atomic E-state index is 13.6. The molecule has 2 amide bonds. The lowest BCUT2D eigenvalue weighted by atomic mass is 10.1. The van der Waals surface area contributed by atoms with Gasteiger partial charge in [0.1, 0.15) is 5.76 Å². The highest BCUT2D eigenvalue weighted by Gasteiger charge is 2.26. The predicted molar refractivity (Wildman–Crippen MR) is 150 cm³/mol. The number of anilines is 1. The lowest BCUT2D eigenvalue weighted by molar-refractivity contribution is 0.0716. The Labute approximate surface area is 236 Å². The molecule has 8 nitrogen and oxygen atoms in total. The molecule has 4 aromatic rings. The molecule has 0 saturated carbocycles. The van der Waals surface area contributed by atoms with Crippen LogP contribution in [0.3, 0.4) is 0 Å². The number of amides is 2. The van der Waals surface area contributed by atoms with Crippen LogP contribution < -0.4 is 10.5 Å². The van der Waals surface area contributed by atoms with Gasteiger partial charge in [0.05, 0.1) is 39.5 Å². The molecule has 4 rings (SSSR count). The fourth-order valence-electron chi connectivity index (χ4n) is 4.04. The number of hydrogen-bond acceptors (Lipinski definition) is 5. The molecule has 0 fully saturated rings. The van der Waals surface area contributed by atoms with Crippen LogP contribution in [0.2, 0.25) is 10.0 Å². The average Bonchev–Trinajstić information content (AvgIpc) is 3.41. The highest BCUT2D eigenvalue weighted by molar-refractivity contribution is 7.92. The quantitative estimate of drug-likeness (QED) is 0.240. The first-order valence-electron chi connectivity index (χ1n) is 11.9. The first-order chi connectivity index (χ1) is 18.6. The van der Waals surface area contributed by atoms with Crippen LogP contribution in [0.25, 0.3) is 0 Å². The van der Waals surface area contributed by atoms with E-state index >= 15 is 0 Å². The van der Waals surface area contributed by atoms with Gasteiger partial charge < -0.3 is 15.1 Å². The minimum Gasteiger partial charge on any atom is -0.467 e. The molecule has 3 N–H and O–H groups in total. The average molecular weight is 586 g/mol. The molecule has 0 aliphatic carbocycles. The fraction of sp³-hybridized carbons (Fsp3) is 0.143. The molecule has 0 aliphatic rings. The summed E-state index contributed by atoms with van der Waals surface area (Å²) < 4.78 is 35.1. The summed E-state index contributed by atoms with van der Waals surface area (Å²) in [4.78, 5) is 26.9. The summed E-state index contributed by atoms with van der Waals surface area (Å²) >= 11 is 12.5. The second-order valence-corrected chi connectivity index (χ2v) is 11.2. The molecule has 39 heavy (non-hydrogen) atoms. The summed E-state index contributed by atoms with van der Waals surface area (Å²) in [6, 6.07) is 19.0. The summed E-state index contributed by atoms with van der Waals surface area (Å²) in [5.74, 6) is -0.712. The van der Waals surface area contributed by atoms with Crippen LogP contribution in [0, 0.1) is 0 Å². The van der Waals surface area contributed by atoms with Gasteiger partial charge >= 0.3 is 0 Å². The van der Waals surface area contributed by atoms with E-state index in [4.69, 9.17) is 33.4 Å². The Kier molecular flexibility index (Phi) is 8.64. The minimum atomic E-state index is -4.25. The standard InChI is InChI=1S/C28H25Cl2N3O5S/c1-2-18-9-11-25(23(14-18)27(31)34)32-39(36,37)26-12-10-20(29)15-19(26)16-33(17-21-6-5-13-38-21)28(35)22-7-3-4-8-24(22)30/h3-15,32H,2,16-17H2,1H3,(H2,31,34). The number of furan rings is 1. The number of hydrogen-bond donors (Lipinski definition) is 2. The number of carbonyl (C=O) groups excluding carboxylic acids is 2. The molecule has 0 saturated heterocycles. The van der Waals surface area contributed by atoms with Crippen molar-refractivity contribution in [2.75, 3.05) is 4.72 Å². The van der Waals surface area contributed by atoms with Crippen molar-refractivity contribution in [3.8, 4) is 0 Å². The van der Waals surface area contributed by atoms with Crippen molar-refractivity contribution >= 4 is 50.7 Å². The van der Waals surface area contributed by atoms with Crippen molar-refractivity contribution in [1.29, 1.82) is 0 Å². The zero-order valence-electron chi connectivity index (χ0n) is 20.9. The van der Waals surface area contributed by atoms with Crippen LogP contribution in [0.15, 0.2) is 88.4 Å². The Balaban J connectivity index is 1.74. The van der Waals surface area contributed by atoms with Crippen LogP contribution >= 0.6 is 23.2 Å². The van der Waals surface area contributed by atoms with Crippen molar-refractivity contribution < 1.29 is 22.4 Å². The summed E-state index contributed by atoms with van der Waals surface area (Å²) in [7, 11) is -4.25. The van der Waals surface area contributed by atoms with Gasteiger partial charge in [0.2, 0.25) is 0 Å². The zero-order valence-corrected chi connectivity index (χ0v) is 23.2. The molecule has 0 spiro atoms. The minimum absolute atomic E-state index is 0.0418. The first-order valence-corrected chi connectivity index (χ1v) is 14.1. The number of benzene rings is 3. The number of nitrogens with one attached hydrogen (secondary N) is 1. The van der Waals surface area contributed by atoms with Crippen LogP contribution in [-0.2, 0) is 29.5 Å². The van der Waals surface area contributed by atoms with E-state index in [-0.39, 0.29) is 50.4 Å². The van der Waals surface area contributed by atoms with E-state index < -0.39 is 21.8 Å². The van der Waals surface area contributed by atoms with Crippen molar-refractivity contribution in [3.05, 3.63) is 117 Å². The summed E-state index contributed by atoms with van der Waals surface area (Å²) in [5.41, 5.74) is 6.92. The molecule has 0 aliphatic heterocycles. The Morgan fingerprint density at radius 1 is 0.949 bits per heavy atom. The van der Waals surface area contributed by atoms with Gasteiger partial charge in [0.25, 0.3) is 21.8 Å². The third-order valence-corrected chi connectivity index (χ3v) is 8.02. The number of nitrogens with zero attached hydrogens (tertiary/aromatic N) is 1. The van der Waals surface area contributed by atoms with Crippen molar-refractivity contribution in [1.82, 2.24) is 4.90 Å². The largest absolute Gasteiger partial charge is 0.467 e. The summed E-state index contributed by atoms with van der Waals surface area (Å²) in [6.07, 6.45) is 2.12. The highest BCUT2D eigenvalue weighted by atomic mass is 35.5. The molecule has 0 bridgehead atoms. The lowest BCUT2D eigenvalue weighted by Gasteiger charge is -2.24. The van der Waals surface area contributed by atoms with E-state index in [1.165, 1.54) is 35.4 Å². The second-order valence-electron chi connectivity index (χ2n) is 8.68. The van der Waals surface area contributed by atoms with E-state index in [2.05, 4.69) is 4.72 Å². The predicted octanol–water partition coefficient (Wildman–Crippen LogP) is 5.89. The maximum absolute atomic E-state index is 13.6. The van der Waals surface area contributed by atoms with Crippen LogP contribution in [0.4, 0.5) is 5.69 Å². The number of sulfonamides is 1. The topological polar surface area (TPSA) is 123 Å². The summed E-state index contributed by atoms with van der Waals surface area (Å²) in [5, 5.41) is 0.527. The molecule has 202 valence electrons. The molecule has 3 aromatic carbocycles. The van der Waals surface area contributed by atoms with Crippen molar-refractivity contribution in [2.45, 2.75) is 31.3 Å². The van der Waals surface area contributed by atoms with Gasteiger partial charge in [-0.25, -0.2) is 8.42 Å². The van der Waals surface area contributed by atoms with E-state index in [0.29, 0.717) is 12.2 Å². The van der Waals surface area contributed by atoms with Gasteiger partial charge in [-0.2, -0.15) is 0 Å². The van der Waals surface area contributed by atoms with Gasteiger partial charge in [-0.3, -0.25) is 14.3 Å². The number of halogens is 2. The number of primary amides is 1. The molecule has 0 radical (unpaired) electrons. The van der Waals surface area contributed by atoms with Crippen LogP contribution in [0.1, 0.15) is 44.5 Å².